The van der Waals surface area contributed by atoms with Gasteiger partial charge < -0.3 is 20.1 Å². The van der Waals surface area contributed by atoms with Crippen LogP contribution in [0.25, 0.3) is 21.8 Å². The topological polar surface area (TPSA) is 152 Å². The Morgan fingerprint density at radius 3 is 2.74 bits per heavy atom. The van der Waals surface area contributed by atoms with E-state index in [0.29, 0.717) is 53.4 Å². The van der Waals surface area contributed by atoms with Crippen LogP contribution < -0.4 is 15.6 Å². The van der Waals surface area contributed by atoms with E-state index in [4.69, 9.17) is 4.74 Å². The fourth-order valence-corrected chi connectivity index (χ4v) is 5.57. The minimum atomic E-state index is -0.517. The summed E-state index contributed by atoms with van der Waals surface area (Å²) in [5, 5.41) is 34.2. The average molecular weight is 593 g/mol. The van der Waals surface area contributed by atoms with Gasteiger partial charge in [-0.05, 0) is 57.4 Å². The molecule has 0 aliphatic carbocycles. The molecule has 0 spiro atoms. The molecule has 2 aromatic carbocycles. The average Bonchev–Trinajstić information content (AvgIpc) is 3.60. The molecule has 1 fully saturated rings. The summed E-state index contributed by atoms with van der Waals surface area (Å²) >= 11 is 4.72. The summed E-state index contributed by atoms with van der Waals surface area (Å²) in [4.78, 5) is 19.6. The predicted octanol–water partition coefficient (Wildman–Crippen LogP) is 4.53. The number of nitriles is 1. The molecule has 2 aromatic heterocycles. The molecule has 1 aliphatic rings. The molecule has 0 saturated carbocycles. The number of benzene rings is 2. The number of hydrogen-bond acceptors (Lipinski definition) is 9. The number of hydrogen-bond donors (Lipinski definition) is 4. The van der Waals surface area contributed by atoms with Gasteiger partial charge in [-0.3, -0.25) is 5.10 Å². The van der Waals surface area contributed by atoms with Crippen LogP contribution in [0.4, 0.5) is 15.5 Å². The first-order valence-electron chi connectivity index (χ1n) is 11.5. The van der Waals surface area contributed by atoms with Gasteiger partial charge in [0.15, 0.2) is 5.82 Å². The first-order valence-corrected chi connectivity index (χ1v) is 13.1. The van der Waals surface area contributed by atoms with Crippen molar-refractivity contribution < 1.29 is 14.6 Å². The molecule has 0 unspecified atom stereocenters. The molecule has 0 bridgehead atoms. The number of rotatable bonds is 6. The minimum Gasteiger partial charge on any atom is -0.507 e. The summed E-state index contributed by atoms with van der Waals surface area (Å²) in [7, 11) is 0. The Kier molecular flexibility index (Phi) is 7.64. The van der Waals surface area contributed by atoms with Gasteiger partial charge in [-0.1, -0.05) is 12.1 Å². The van der Waals surface area contributed by atoms with Crippen LogP contribution >= 0.6 is 27.3 Å². The maximum Gasteiger partial charge on any atom is 0.339 e. The van der Waals surface area contributed by atoms with Gasteiger partial charge in [-0.15, -0.1) is 11.3 Å². The maximum atomic E-state index is 12.3. The van der Waals surface area contributed by atoms with Gasteiger partial charge in [0.2, 0.25) is 0 Å². The van der Waals surface area contributed by atoms with Crippen molar-refractivity contribution in [1.29, 1.82) is 5.26 Å². The molecule has 11 nitrogen and oxygen atoms in total. The molecule has 1 aliphatic heterocycles. The Balaban J connectivity index is 1.35. The van der Waals surface area contributed by atoms with E-state index in [2.05, 4.69) is 57.9 Å². The van der Waals surface area contributed by atoms with Gasteiger partial charge in [0, 0.05) is 24.3 Å². The molecule has 38 heavy (non-hydrogen) atoms. The van der Waals surface area contributed by atoms with Crippen LogP contribution in [0.2, 0.25) is 0 Å². The Labute approximate surface area is 229 Å². The van der Waals surface area contributed by atoms with Gasteiger partial charge in [-0.2, -0.15) is 15.5 Å². The number of morpholine rings is 1. The number of H-pyrrole nitrogens is 1. The zero-order chi connectivity index (χ0) is 26.5. The van der Waals surface area contributed by atoms with Crippen molar-refractivity contribution in [3.63, 3.8) is 0 Å². The molecular weight excluding hydrogens is 572 g/mol. The second-order valence-corrected chi connectivity index (χ2v) is 9.99. The van der Waals surface area contributed by atoms with Crippen LogP contribution in [-0.2, 0) is 4.74 Å². The normalized spacial score (nSPS) is 13.4. The number of ether oxygens (including phenoxy) is 1. The predicted molar refractivity (Wildman–Crippen MR) is 148 cm³/mol. The Morgan fingerprint density at radius 1 is 1.26 bits per heavy atom. The fourth-order valence-electron chi connectivity index (χ4n) is 3.91. The smallest absolute Gasteiger partial charge is 0.339 e. The highest BCUT2D eigenvalue weighted by atomic mass is 79.9. The van der Waals surface area contributed by atoms with Crippen molar-refractivity contribution in [3.05, 3.63) is 64.4 Å². The number of aromatic nitrogens is 3. The molecule has 3 heterocycles. The maximum absolute atomic E-state index is 12.3. The molecule has 5 rings (SSSR count). The Bertz CT molecular complexity index is 1510. The molecular formula is C25H21BrN8O3S. The molecule has 4 N–H and O–H groups in total. The van der Waals surface area contributed by atoms with E-state index in [-0.39, 0.29) is 5.75 Å². The highest BCUT2D eigenvalue weighted by Crippen LogP contribution is 2.46. The summed E-state index contributed by atoms with van der Waals surface area (Å²) in [5.41, 5.74) is 5.77. The van der Waals surface area contributed by atoms with Gasteiger partial charge in [0.05, 0.1) is 34.3 Å². The lowest BCUT2D eigenvalue weighted by atomic mass is 10.0. The number of hydrazone groups is 1. The number of nitrogens with one attached hydrogen (secondary N) is 3. The number of carbonyl (C=O) groups excluding carboxylic acids is 1. The summed E-state index contributed by atoms with van der Waals surface area (Å²) in [5.74, 6) is 0.631. The first kappa shape index (κ1) is 25.4. The third-order valence-corrected chi connectivity index (χ3v) is 7.58. The van der Waals surface area contributed by atoms with Crippen LogP contribution in [0.5, 0.6) is 5.75 Å². The van der Waals surface area contributed by atoms with E-state index in [9.17, 15) is 15.2 Å². The third kappa shape index (κ3) is 5.52. The molecule has 1 saturated heterocycles. The number of anilines is 2. The summed E-state index contributed by atoms with van der Waals surface area (Å²) in [6.45, 7) is 2.61. The summed E-state index contributed by atoms with van der Waals surface area (Å²) in [6.07, 6.45) is 2.97. The second kappa shape index (κ2) is 11.4. The van der Waals surface area contributed by atoms with Crippen molar-refractivity contribution in [2.75, 3.05) is 36.5 Å². The molecule has 0 atom stereocenters. The molecule has 0 radical (unpaired) electrons. The van der Waals surface area contributed by atoms with Crippen molar-refractivity contribution in [1.82, 2.24) is 20.6 Å². The van der Waals surface area contributed by atoms with E-state index in [1.807, 2.05) is 12.1 Å². The quantitative estimate of drug-likeness (QED) is 0.189. The van der Waals surface area contributed by atoms with Gasteiger partial charge in [-0.25, -0.2) is 15.2 Å². The number of aromatic amines is 1. The molecule has 4 aromatic rings. The van der Waals surface area contributed by atoms with E-state index < -0.39 is 6.03 Å². The number of thiophene rings is 1. The molecule has 2 amide bonds. The third-order valence-electron chi connectivity index (χ3n) is 5.70. The molecule has 192 valence electrons. The van der Waals surface area contributed by atoms with E-state index >= 15 is 0 Å². The number of phenols is 1. The van der Waals surface area contributed by atoms with Gasteiger partial charge in [0.1, 0.15) is 23.1 Å². The van der Waals surface area contributed by atoms with Gasteiger partial charge in [0.25, 0.3) is 0 Å². The number of carbonyl (C=O) groups is 1. The monoisotopic (exact) mass is 592 g/mol. The van der Waals surface area contributed by atoms with E-state index in [0.717, 1.165) is 21.0 Å². The SMILES string of the molecule is N#Cc1c(N2CCOCC2)sc(-c2nc[nH]n2)c1-c1ccc(NC(=O)N/N=C/c2ccc(O)c(Br)c2)cc1. The zero-order valence-electron chi connectivity index (χ0n) is 19.8. The van der Waals surface area contributed by atoms with Crippen molar-refractivity contribution in [3.8, 4) is 33.6 Å². The highest BCUT2D eigenvalue weighted by Gasteiger charge is 2.26. The Morgan fingerprint density at radius 2 is 2.05 bits per heavy atom. The van der Waals surface area contributed by atoms with Crippen LogP contribution in [0, 0.1) is 11.3 Å². The standard InChI is InChI=1S/C25H21BrN8O3S/c26-19-11-15(1-6-20(19)35)13-29-33-25(36)31-17-4-2-16(3-5-17)21-18(12-27)24(34-7-9-37-10-8-34)38-22(21)23-28-14-30-32-23/h1-6,11,13-14,35H,7-10H2,(H,28,30,32)(H2,31,33,36)/b29-13+. The number of halogens is 1. The highest BCUT2D eigenvalue weighted by molar-refractivity contribution is 9.10. The van der Waals surface area contributed by atoms with Crippen LogP contribution in [0.3, 0.4) is 0 Å². The molecule has 13 heteroatoms. The van der Waals surface area contributed by atoms with Crippen molar-refractivity contribution in [2.45, 2.75) is 0 Å². The number of aromatic hydroxyl groups is 1. The zero-order valence-corrected chi connectivity index (χ0v) is 22.2. The fraction of sp³-hybridized carbons (Fsp3) is 0.160. The van der Waals surface area contributed by atoms with E-state index in [1.54, 1.807) is 24.3 Å². The van der Waals surface area contributed by atoms with Crippen LogP contribution in [0.15, 0.2) is 58.4 Å². The summed E-state index contributed by atoms with van der Waals surface area (Å²) in [6, 6.07) is 13.9. The van der Waals surface area contributed by atoms with Crippen LogP contribution in [0.1, 0.15) is 11.1 Å². The van der Waals surface area contributed by atoms with Crippen molar-refractivity contribution in [2.24, 2.45) is 5.10 Å². The lowest BCUT2D eigenvalue weighted by Crippen LogP contribution is -2.36. The lowest BCUT2D eigenvalue weighted by molar-refractivity contribution is 0.123. The lowest BCUT2D eigenvalue weighted by Gasteiger charge is -2.27. The number of urea groups is 1. The minimum absolute atomic E-state index is 0.116. The van der Waals surface area contributed by atoms with Crippen molar-refractivity contribution >= 4 is 50.2 Å². The summed E-state index contributed by atoms with van der Waals surface area (Å²) < 4.78 is 6.01. The van der Waals surface area contributed by atoms with Crippen LogP contribution in [-0.4, -0.2) is 58.8 Å². The second-order valence-electron chi connectivity index (χ2n) is 8.13. The largest absolute Gasteiger partial charge is 0.507 e. The van der Waals surface area contributed by atoms with E-state index in [1.165, 1.54) is 29.9 Å². The first-order chi connectivity index (χ1) is 18.5. The number of nitrogens with zero attached hydrogens (tertiary/aromatic N) is 5. The van der Waals surface area contributed by atoms with Gasteiger partial charge >= 0.3 is 6.03 Å². The number of phenolic OH excluding ortho intramolecular Hbond substituents is 1. The Hall–Kier alpha value is -4.25. The number of amides is 2.